The van der Waals surface area contributed by atoms with Gasteiger partial charge in [0.05, 0.1) is 55.9 Å². The van der Waals surface area contributed by atoms with E-state index in [1.807, 2.05) is 90.5 Å². The molecule has 4 fully saturated rings. The van der Waals surface area contributed by atoms with Gasteiger partial charge in [0, 0.05) is 107 Å². The Morgan fingerprint density at radius 3 is 2.37 bits per heavy atom. The zero-order valence-electron chi connectivity index (χ0n) is 45.7. The molecular weight excluding hydrogens is 989 g/mol. The fourth-order valence-corrected chi connectivity index (χ4v) is 11.6. The van der Waals surface area contributed by atoms with E-state index in [4.69, 9.17) is 14.2 Å². The summed E-state index contributed by atoms with van der Waals surface area (Å²) in [5.41, 5.74) is 7.10. The number of carbonyl (C=O) groups is 4. The van der Waals surface area contributed by atoms with Crippen molar-refractivity contribution in [1.29, 1.82) is 0 Å². The smallest absolute Gasteiger partial charge is 0.269 e. The Hall–Kier alpha value is -6.89. The number of ether oxygens (including phenoxy) is 3. The normalized spacial score (nSPS) is 18.1. The molecule has 3 aliphatic heterocycles. The number of H-pyrrole nitrogens is 1. The van der Waals surface area contributed by atoms with Gasteiger partial charge in [-0.2, -0.15) is 0 Å². The molecule has 2 aromatic carbocycles. The van der Waals surface area contributed by atoms with Crippen LogP contribution in [-0.2, 0) is 33.8 Å². The minimum atomic E-state index is -0.616. The third-order valence-electron chi connectivity index (χ3n) is 16.1. The molecule has 2 atom stereocenters. The van der Waals surface area contributed by atoms with Gasteiger partial charge in [-0.1, -0.05) is 44.4 Å². The highest BCUT2D eigenvalue weighted by molar-refractivity contribution is 5.98. The van der Waals surface area contributed by atoms with E-state index in [-0.39, 0.29) is 53.7 Å². The number of aromatic amines is 1. The van der Waals surface area contributed by atoms with Crippen LogP contribution in [0.3, 0.4) is 0 Å². The molecule has 18 nitrogen and oxygen atoms in total. The number of fused-ring (bicyclic) bond motifs is 1. The van der Waals surface area contributed by atoms with E-state index in [0.717, 1.165) is 122 Å². The topological polar surface area (TPSA) is 204 Å². The Morgan fingerprint density at radius 1 is 0.795 bits per heavy atom. The summed E-state index contributed by atoms with van der Waals surface area (Å²) in [4.78, 5) is 87.9. The second-order valence-electron chi connectivity index (χ2n) is 21.2. The summed E-state index contributed by atoms with van der Waals surface area (Å²) >= 11 is 0. The molecule has 6 heterocycles. The van der Waals surface area contributed by atoms with E-state index >= 15 is 0 Å². The number of likely N-dealkylation sites (tertiary alicyclic amines) is 2. The summed E-state index contributed by atoms with van der Waals surface area (Å²) in [7, 11) is 1.62. The number of hydrogen-bond donors (Lipinski definition) is 4. The maximum atomic E-state index is 14.4. The Balaban J connectivity index is 0.694. The van der Waals surface area contributed by atoms with Crippen molar-refractivity contribution in [2.75, 3.05) is 90.7 Å². The Morgan fingerprint density at radius 2 is 1.62 bits per heavy atom. The summed E-state index contributed by atoms with van der Waals surface area (Å²) in [6.45, 7) is 12.2. The number of nitrogens with zero attached hydrogens (tertiary/aromatic N) is 6. The van der Waals surface area contributed by atoms with Crippen LogP contribution in [0.25, 0.3) is 11.0 Å². The standard InChI is InChI=1S/C60H78N10O8/c1-4-42-33-52-53(65-57(42)72)31-41(35-63-52)39-67-26-28-68(29-27-67)48-17-19-51(64-37-48)59(74)62-22-30-78-49-20-24-69(25-21-49)60(75)56(43-11-7-6-8-12-43)66-58(73)45-14-9-13-44(32-45)47-15-10-23-70(40-47)55(71)38-61-36-46-16-18-50(76-3)34-54(46)77-5-2/h9,13-14,16-19,31-35,37,43,47,49,56,61H,4-8,10-12,15,20-30,36,38-40H2,1-3H3,(H,62,74)(H,65,72)(H,66,73)/t47?,56-/m1/s1. The molecule has 0 bridgehead atoms. The second kappa shape index (κ2) is 27.1. The van der Waals surface area contributed by atoms with E-state index in [2.05, 4.69) is 40.7 Å². The number of hydrogen-bond acceptors (Lipinski definition) is 13. The zero-order valence-corrected chi connectivity index (χ0v) is 45.7. The highest BCUT2D eigenvalue weighted by atomic mass is 16.5. The van der Waals surface area contributed by atoms with Crippen LogP contribution in [0.2, 0.25) is 0 Å². The number of anilines is 1. The number of amides is 4. The van der Waals surface area contributed by atoms with Gasteiger partial charge >= 0.3 is 0 Å². The van der Waals surface area contributed by atoms with Gasteiger partial charge in [0.1, 0.15) is 23.2 Å². The number of rotatable bonds is 21. The van der Waals surface area contributed by atoms with Gasteiger partial charge in [-0.3, -0.25) is 33.9 Å². The molecule has 3 aromatic heterocycles. The number of benzene rings is 2. The Bertz CT molecular complexity index is 2890. The second-order valence-corrected chi connectivity index (χ2v) is 21.2. The number of pyridine rings is 3. The quantitative estimate of drug-likeness (QED) is 0.0604. The lowest BCUT2D eigenvalue weighted by atomic mass is 9.83. The van der Waals surface area contributed by atoms with Crippen LogP contribution in [0.5, 0.6) is 11.5 Å². The first-order chi connectivity index (χ1) is 38.0. The van der Waals surface area contributed by atoms with Gasteiger partial charge < -0.3 is 49.8 Å². The molecule has 4 aliphatic rings. The Kier molecular flexibility index (Phi) is 19.4. The van der Waals surface area contributed by atoms with Gasteiger partial charge in [-0.25, -0.2) is 4.98 Å². The van der Waals surface area contributed by atoms with E-state index in [9.17, 15) is 24.0 Å². The van der Waals surface area contributed by atoms with Crippen molar-refractivity contribution >= 4 is 40.3 Å². The minimum Gasteiger partial charge on any atom is -0.497 e. The molecule has 18 heteroatoms. The molecule has 1 aliphatic carbocycles. The third-order valence-corrected chi connectivity index (χ3v) is 16.1. The number of carbonyl (C=O) groups excluding carboxylic acids is 4. The van der Waals surface area contributed by atoms with Crippen LogP contribution in [0, 0.1) is 5.92 Å². The van der Waals surface area contributed by atoms with Crippen molar-refractivity contribution in [2.45, 2.75) is 109 Å². The maximum Gasteiger partial charge on any atom is 0.269 e. The van der Waals surface area contributed by atoms with E-state index in [0.29, 0.717) is 88.8 Å². The van der Waals surface area contributed by atoms with Crippen LogP contribution in [0.1, 0.15) is 121 Å². The van der Waals surface area contributed by atoms with Crippen molar-refractivity contribution in [3.8, 4) is 11.5 Å². The van der Waals surface area contributed by atoms with Crippen molar-refractivity contribution < 1.29 is 33.4 Å². The van der Waals surface area contributed by atoms with Gasteiger partial charge in [0.15, 0.2) is 0 Å². The molecule has 4 amide bonds. The summed E-state index contributed by atoms with van der Waals surface area (Å²) in [6.07, 6.45) is 12.4. The van der Waals surface area contributed by atoms with Gasteiger partial charge in [0.2, 0.25) is 11.8 Å². The highest BCUT2D eigenvalue weighted by Gasteiger charge is 2.36. The first-order valence-corrected chi connectivity index (χ1v) is 28.4. The number of nitrogens with one attached hydrogen (secondary N) is 4. The molecule has 5 aromatic rings. The molecule has 9 rings (SSSR count). The summed E-state index contributed by atoms with van der Waals surface area (Å²) in [6, 6.07) is 20.4. The molecule has 0 radical (unpaired) electrons. The van der Waals surface area contributed by atoms with E-state index < -0.39 is 6.04 Å². The molecule has 0 spiro atoms. The van der Waals surface area contributed by atoms with Crippen LogP contribution >= 0.6 is 0 Å². The molecule has 4 N–H and O–H groups in total. The van der Waals surface area contributed by atoms with Crippen molar-refractivity contribution in [2.24, 2.45) is 5.92 Å². The van der Waals surface area contributed by atoms with E-state index in [1.165, 1.54) is 0 Å². The molecular formula is C60H78N10O8. The molecule has 1 saturated carbocycles. The Labute approximate surface area is 458 Å². The monoisotopic (exact) mass is 1070 g/mol. The summed E-state index contributed by atoms with van der Waals surface area (Å²) in [5.74, 6) is 1.09. The minimum absolute atomic E-state index is 0.0328. The van der Waals surface area contributed by atoms with Crippen molar-refractivity contribution in [1.82, 2.24) is 45.6 Å². The molecule has 1 unspecified atom stereocenters. The number of piperidine rings is 2. The molecule has 416 valence electrons. The predicted octanol–water partition coefficient (Wildman–Crippen LogP) is 6.22. The maximum absolute atomic E-state index is 14.4. The lowest BCUT2D eigenvalue weighted by Gasteiger charge is -2.37. The number of piperazine rings is 1. The van der Waals surface area contributed by atoms with Gasteiger partial charge in [0.25, 0.3) is 17.4 Å². The van der Waals surface area contributed by atoms with Crippen LogP contribution < -0.4 is 35.9 Å². The number of methoxy groups -OCH3 is 1. The largest absolute Gasteiger partial charge is 0.497 e. The van der Waals surface area contributed by atoms with Gasteiger partial charge in [-0.05, 0) is 111 Å². The predicted molar refractivity (Wildman–Crippen MR) is 300 cm³/mol. The first kappa shape index (κ1) is 55.9. The fourth-order valence-electron chi connectivity index (χ4n) is 11.6. The fraction of sp³-hybridized carbons (Fsp3) is 0.517. The first-order valence-electron chi connectivity index (χ1n) is 28.4. The van der Waals surface area contributed by atoms with Crippen molar-refractivity contribution in [3.63, 3.8) is 0 Å². The molecule has 78 heavy (non-hydrogen) atoms. The lowest BCUT2D eigenvalue weighted by molar-refractivity contribution is -0.137. The van der Waals surface area contributed by atoms with E-state index in [1.54, 1.807) is 19.4 Å². The summed E-state index contributed by atoms with van der Waals surface area (Å²) in [5, 5.41) is 9.46. The summed E-state index contributed by atoms with van der Waals surface area (Å²) < 4.78 is 17.4. The number of aryl methyl sites for hydroxylation is 1. The SMILES string of the molecule is CCOc1cc(OC)ccc1CNCC(=O)N1CCCC(c2cccc(C(=O)N[C@@H](C(=O)N3CCC(OCCNC(=O)c4ccc(N5CCN(Cc6cnc7cc(CC)c(=O)[nH]c7c6)CC5)cn4)CC3)C3CCCCC3)c2)C1. The van der Waals surface area contributed by atoms with Crippen molar-refractivity contribution in [3.05, 3.63) is 123 Å². The highest BCUT2D eigenvalue weighted by Crippen LogP contribution is 2.31. The van der Waals surface area contributed by atoms with Crippen LogP contribution in [-0.4, -0.2) is 151 Å². The number of aromatic nitrogens is 3. The van der Waals surface area contributed by atoms with Gasteiger partial charge in [-0.15, -0.1) is 0 Å². The third kappa shape index (κ3) is 14.4. The lowest BCUT2D eigenvalue weighted by Crippen LogP contribution is -2.54. The van der Waals surface area contributed by atoms with Crippen LogP contribution in [0.4, 0.5) is 5.69 Å². The van der Waals surface area contributed by atoms with Crippen LogP contribution in [0.15, 0.2) is 83.9 Å². The zero-order chi connectivity index (χ0) is 54.4. The molecule has 3 saturated heterocycles. The average molecular weight is 1070 g/mol. The average Bonchev–Trinajstić information content (AvgIpc) is 3.51.